The maximum Gasteiger partial charge on any atom is 0.305 e. The summed E-state index contributed by atoms with van der Waals surface area (Å²) in [6, 6.07) is 0. The average Bonchev–Trinajstić information content (AvgIpc) is 2.78. The second kappa shape index (κ2) is 34.1. The van der Waals surface area contributed by atoms with Gasteiger partial charge in [0.05, 0.1) is 0 Å². The summed E-state index contributed by atoms with van der Waals surface area (Å²) in [5.41, 5.74) is 9.44. The first-order valence-electron chi connectivity index (χ1n) is 10.6. The maximum atomic E-state index is 10.0. The van der Waals surface area contributed by atoms with Crippen molar-refractivity contribution in [3.05, 3.63) is 12.4 Å². The van der Waals surface area contributed by atoms with Crippen LogP contribution in [-0.2, 0) is 76.3 Å². The van der Waals surface area contributed by atoms with Crippen molar-refractivity contribution in [1.82, 2.24) is 0 Å². The Bertz CT molecular complexity index is 616. The van der Waals surface area contributed by atoms with Gasteiger partial charge in [0.15, 0.2) is 0 Å². The lowest BCUT2D eigenvalue weighted by Crippen LogP contribution is -2.07. The van der Waals surface area contributed by atoms with Crippen LogP contribution in [0.1, 0.15) is 55.4 Å². The molecule has 0 aliphatic heterocycles. The van der Waals surface area contributed by atoms with E-state index < -0.39 is 47.8 Å². The first kappa shape index (κ1) is 45.0. The number of ether oxygens (including phenoxy) is 8. The highest BCUT2D eigenvalue weighted by atomic mass is 16.7. The van der Waals surface area contributed by atoms with E-state index in [0.717, 1.165) is 0 Å². The number of hydrogen-bond donors (Lipinski definition) is 2. The van der Waals surface area contributed by atoms with E-state index in [9.17, 15) is 38.4 Å². The highest BCUT2D eigenvalue weighted by Crippen LogP contribution is 1.81. The van der Waals surface area contributed by atoms with E-state index in [1.165, 1.54) is 67.8 Å². The van der Waals surface area contributed by atoms with E-state index in [1.807, 2.05) is 0 Å². The Hall–Kier alpha value is -4.90. The minimum atomic E-state index is -0.462. The van der Waals surface area contributed by atoms with Crippen LogP contribution in [0.5, 0.6) is 0 Å². The molecule has 0 heterocycles. The normalized spacial score (nSPS) is 8.30. The van der Waals surface area contributed by atoms with Crippen molar-refractivity contribution in [1.29, 1.82) is 0 Å². The van der Waals surface area contributed by atoms with Crippen LogP contribution < -0.4 is 11.5 Å². The summed E-state index contributed by atoms with van der Waals surface area (Å²) in [7, 11) is 0. The molecule has 0 atom stereocenters. The van der Waals surface area contributed by atoms with Crippen molar-refractivity contribution in [3.8, 4) is 0 Å². The van der Waals surface area contributed by atoms with Crippen LogP contribution in [0.15, 0.2) is 12.4 Å². The summed E-state index contributed by atoms with van der Waals surface area (Å²) in [5, 5.41) is 0. The first-order valence-corrected chi connectivity index (χ1v) is 10.6. The minimum absolute atomic E-state index is 0.287. The molecule has 0 aromatic heterocycles. The van der Waals surface area contributed by atoms with Gasteiger partial charge in [-0.05, 0) is 0 Å². The molecule has 0 unspecified atom stereocenters. The minimum Gasteiger partial charge on any atom is -0.428 e. The maximum absolute atomic E-state index is 10.0. The zero-order valence-corrected chi connectivity index (χ0v) is 23.7. The van der Waals surface area contributed by atoms with Crippen molar-refractivity contribution in [2.75, 3.05) is 27.2 Å². The zero-order valence-electron chi connectivity index (χ0n) is 23.7. The highest BCUT2D eigenvalue weighted by Gasteiger charge is 1.95. The van der Waals surface area contributed by atoms with Crippen LogP contribution in [0, 0.1) is 0 Å². The Morgan fingerprint density at radius 2 is 0.450 bits per heavy atom. The molecule has 0 radical (unpaired) electrons. The average molecular weight is 587 g/mol. The molecule has 0 saturated carbocycles. The molecule has 0 aromatic carbocycles. The molecule has 0 rings (SSSR count). The van der Waals surface area contributed by atoms with Gasteiger partial charge in [0.2, 0.25) is 27.2 Å². The number of carbonyl (C=O) groups excluding carboxylic acids is 8. The summed E-state index contributed by atoms with van der Waals surface area (Å²) >= 11 is 0. The zero-order chi connectivity index (χ0) is 32.5. The van der Waals surface area contributed by atoms with Crippen molar-refractivity contribution in [2.24, 2.45) is 11.5 Å². The van der Waals surface area contributed by atoms with Crippen LogP contribution in [0.4, 0.5) is 0 Å². The van der Waals surface area contributed by atoms with Crippen LogP contribution >= 0.6 is 0 Å². The predicted molar refractivity (Wildman–Crippen MR) is 131 cm³/mol. The lowest BCUT2D eigenvalue weighted by molar-refractivity contribution is -0.165. The number of esters is 8. The summed E-state index contributed by atoms with van der Waals surface area (Å²) < 4.78 is 34.2. The largest absolute Gasteiger partial charge is 0.428 e. The van der Waals surface area contributed by atoms with E-state index >= 15 is 0 Å². The second-order valence-corrected chi connectivity index (χ2v) is 5.94. The molecule has 232 valence electrons. The summed E-state index contributed by atoms with van der Waals surface area (Å²) in [4.78, 5) is 80.1. The van der Waals surface area contributed by atoms with E-state index in [4.69, 9.17) is 11.5 Å². The molecule has 0 saturated heterocycles. The first-order chi connectivity index (χ1) is 18.4. The van der Waals surface area contributed by atoms with Crippen molar-refractivity contribution in [3.63, 3.8) is 0 Å². The molecule has 40 heavy (non-hydrogen) atoms. The standard InChI is InChI=1S/4C5H8O4.C2H6N2/c4*1-4(6)8-3-9-5(2)7;3-1-2-4/h4*3H2,1-2H3;1-2H,3-4H2/b;;;;2-1+. The van der Waals surface area contributed by atoms with Gasteiger partial charge in [0.25, 0.3) is 0 Å². The topological polar surface area (TPSA) is 262 Å². The quantitative estimate of drug-likeness (QED) is 0.209. The van der Waals surface area contributed by atoms with Crippen molar-refractivity contribution in [2.45, 2.75) is 55.4 Å². The Labute approximate surface area is 231 Å². The number of nitrogens with two attached hydrogens (primary N) is 2. The van der Waals surface area contributed by atoms with Crippen LogP contribution in [0.3, 0.4) is 0 Å². The second-order valence-electron chi connectivity index (χ2n) is 5.94. The van der Waals surface area contributed by atoms with Gasteiger partial charge in [0.1, 0.15) is 0 Å². The van der Waals surface area contributed by atoms with Gasteiger partial charge in [0, 0.05) is 67.8 Å². The van der Waals surface area contributed by atoms with E-state index in [-0.39, 0.29) is 27.2 Å². The third kappa shape index (κ3) is 84.4. The van der Waals surface area contributed by atoms with Gasteiger partial charge in [-0.2, -0.15) is 0 Å². The van der Waals surface area contributed by atoms with E-state index in [0.29, 0.717) is 0 Å². The van der Waals surface area contributed by atoms with Crippen LogP contribution in [0.25, 0.3) is 0 Å². The smallest absolute Gasteiger partial charge is 0.305 e. The summed E-state index contributed by atoms with van der Waals surface area (Å²) in [6.45, 7) is 8.77. The molecule has 0 fully saturated rings. The monoisotopic (exact) mass is 586 g/mol. The molecule has 0 aliphatic rings. The molecule has 0 aromatic rings. The van der Waals surface area contributed by atoms with Crippen LogP contribution in [0.2, 0.25) is 0 Å². The molecule has 18 heteroatoms. The molecule has 0 amide bonds. The van der Waals surface area contributed by atoms with Crippen molar-refractivity contribution < 1.29 is 76.3 Å². The molecule has 0 spiro atoms. The summed E-state index contributed by atoms with van der Waals surface area (Å²) in [6.07, 6.45) is 2.56. The van der Waals surface area contributed by atoms with Gasteiger partial charge >= 0.3 is 47.8 Å². The van der Waals surface area contributed by atoms with Crippen LogP contribution in [-0.4, -0.2) is 74.9 Å². The van der Waals surface area contributed by atoms with Gasteiger partial charge in [-0.15, -0.1) is 0 Å². The molecule has 0 aliphatic carbocycles. The number of rotatable bonds is 8. The fourth-order valence-electron chi connectivity index (χ4n) is 0.782. The summed E-state index contributed by atoms with van der Waals surface area (Å²) in [5.74, 6) is -3.69. The predicted octanol–water partition coefficient (Wildman–Crippen LogP) is -0.345. The van der Waals surface area contributed by atoms with Gasteiger partial charge in [-0.25, -0.2) is 0 Å². The third-order valence-corrected chi connectivity index (χ3v) is 2.21. The Kier molecular flexibility index (Phi) is 38.4. The van der Waals surface area contributed by atoms with E-state index in [1.54, 1.807) is 0 Å². The lowest BCUT2D eigenvalue weighted by atomic mass is 10.8. The van der Waals surface area contributed by atoms with Crippen molar-refractivity contribution >= 4 is 47.8 Å². The fourth-order valence-corrected chi connectivity index (χ4v) is 0.782. The highest BCUT2D eigenvalue weighted by molar-refractivity contribution is 5.69. The van der Waals surface area contributed by atoms with E-state index in [2.05, 4.69) is 37.9 Å². The molecule has 18 nitrogen and oxygen atoms in total. The molecular weight excluding hydrogens is 548 g/mol. The third-order valence-electron chi connectivity index (χ3n) is 2.21. The Morgan fingerprint density at radius 3 is 0.500 bits per heavy atom. The SMILES string of the molecule is CC(=O)OCOC(C)=O.CC(=O)OCOC(C)=O.CC(=O)OCOC(C)=O.CC(=O)OCOC(C)=O.N/C=C/N. The molecule has 4 N–H and O–H groups in total. The van der Waals surface area contributed by atoms with Gasteiger partial charge in [-0.3, -0.25) is 38.4 Å². The fraction of sp³-hybridized carbons (Fsp3) is 0.545. The van der Waals surface area contributed by atoms with Gasteiger partial charge in [-0.1, -0.05) is 0 Å². The Morgan fingerprint density at radius 1 is 0.350 bits per heavy atom. The molecule has 0 bridgehead atoms. The number of carbonyl (C=O) groups is 8. The Balaban J connectivity index is -0.000000130. The van der Waals surface area contributed by atoms with Gasteiger partial charge < -0.3 is 49.4 Å². The lowest BCUT2D eigenvalue weighted by Gasteiger charge is -1.99. The number of hydrogen-bond acceptors (Lipinski definition) is 18. The molecular formula is C22H38N2O16.